The molecule has 0 radical (unpaired) electrons. The van der Waals surface area contributed by atoms with Gasteiger partial charge in [0.05, 0.1) is 12.3 Å². The van der Waals surface area contributed by atoms with Crippen LogP contribution in [0.1, 0.15) is 37.0 Å². The lowest BCUT2D eigenvalue weighted by Crippen LogP contribution is -2.25. The number of ether oxygens (including phenoxy) is 2. The van der Waals surface area contributed by atoms with Gasteiger partial charge in [-0.05, 0) is 56.5 Å². The van der Waals surface area contributed by atoms with Crippen LogP contribution in [0, 0.1) is 13.8 Å². The van der Waals surface area contributed by atoms with Gasteiger partial charge in [-0.2, -0.15) is 0 Å². The molecule has 1 aromatic heterocycles. The Kier molecular flexibility index (Phi) is 8.66. The summed E-state index contributed by atoms with van der Waals surface area (Å²) in [6.45, 7) is 9.77. The van der Waals surface area contributed by atoms with E-state index in [4.69, 9.17) is 21.1 Å². The number of anilines is 1. The molecule has 2 aromatic carbocycles. The first-order valence-corrected chi connectivity index (χ1v) is 11.5. The van der Waals surface area contributed by atoms with Crippen molar-refractivity contribution in [3.8, 4) is 17.0 Å². The molecule has 0 N–H and O–H groups in total. The predicted octanol–water partition coefficient (Wildman–Crippen LogP) is 5.77. The highest BCUT2D eigenvalue weighted by atomic mass is 35.5. The predicted molar refractivity (Wildman–Crippen MR) is 132 cm³/mol. The fourth-order valence-corrected chi connectivity index (χ4v) is 3.85. The molecule has 0 amide bonds. The van der Waals surface area contributed by atoms with Crippen LogP contribution < -0.4 is 9.64 Å². The van der Waals surface area contributed by atoms with Gasteiger partial charge in [0, 0.05) is 29.2 Å². The molecule has 1 heterocycles. The second kappa shape index (κ2) is 11.7. The number of esters is 1. The lowest BCUT2D eigenvalue weighted by atomic mass is 10.1. The molecule has 6 nitrogen and oxygen atoms in total. The van der Waals surface area contributed by atoms with Crippen molar-refractivity contribution in [1.82, 2.24) is 9.97 Å². The SMILES string of the molecule is CCCN(Cc1ccc(OCC(=O)OCC)c(C)c1)c1ncnc(-c2ccc(Cl)cc2)c1C. The van der Waals surface area contributed by atoms with Crippen molar-refractivity contribution in [3.05, 3.63) is 70.5 Å². The number of hydrogen-bond acceptors (Lipinski definition) is 6. The second-order valence-corrected chi connectivity index (χ2v) is 8.23. The molecule has 7 heteroatoms. The van der Waals surface area contributed by atoms with Crippen LogP contribution in [0.5, 0.6) is 5.75 Å². The summed E-state index contributed by atoms with van der Waals surface area (Å²) in [5.41, 5.74) is 5.04. The summed E-state index contributed by atoms with van der Waals surface area (Å²) in [6.07, 6.45) is 2.60. The summed E-state index contributed by atoms with van der Waals surface area (Å²) in [5, 5.41) is 0.698. The van der Waals surface area contributed by atoms with Crippen LogP contribution in [-0.2, 0) is 16.1 Å². The van der Waals surface area contributed by atoms with Gasteiger partial charge in [0.2, 0.25) is 0 Å². The summed E-state index contributed by atoms with van der Waals surface area (Å²) in [5.74, 6) is 1.22. The second-order valence-electron chi connectivity index (χ2n) is 7.79. The largest absolute Gasteiger partial charge is 0.482 e. The van der Waals surface area contributed by atoms with Crippen molar-refractivity contribution < 1.29 is 14.3 Å². The Morgan fingerprint density at radius 2 is 1.82 bits per heavy atom. The lowest BCUT2D eigenvalue weighted by Gasteiger charge is -2.26. The zero-order valence-corrected chi connectivity index (χ0v) is 20.4. The molecule has 0 aliphatic carbocycles. The molecule has 0 bridgehead atoms. The molecule has 0 unspecified atom stereocenters. The van der Waals surface area contributed by atoms with Gasteiger partial charge in [0.1, 0.15) is 17.9 Å². The van der Waals surface area contributed by atoms with Crippen LogP contribution in [0.4, 0.5) is 5.82 Å². The van der Waals surface area contributed by atoms with E-state index in [9.17, 15) is 4.79 Å². The molecule has 3 aromatic rings. The van der Waals surface area contributed by atoms with Crippen molar-refractivity contribution in [2.75, 3.05) is 24.7 Å². The minimum Gasteiger partial charge on any atom is -0.482 e. The minimum absolute atomic E-state index is 0.0937. The van der Waals surface area contributed by atoms with Crippen LogP contribution in [0.3, 0.4) is 0 Å². The van der Waals surface area contributed by atoms with Crippen molar-refractivity contribution >= 4 is 23.4 Å². The summed E-state index contributed by atoms with van der Waals surface area (Å²) in [6, 6.07) is 13.7. The minimum atomic E-state index is -0.370. The summed E-state index contributed by atoms with van der Waals surface area (Å²) < 4.78 is 10.5. The van der Waals surface area contributed by atoms with E-state index in [0.717, 1.165) is 46.7 Å². The molecule has 0 saturated heterocycles. The highest BCUT2D eigenvalue weighted by molar-refractivity contribution is 6.30. The Labute approximate surface area is 200 Å². The topological polar surface area (TPSA) is 64.5 Å². The zero-order valence-electron chi connectivity index (χ0n) is 19.6. The van der Waals surface area contributed by atoms with Crippen LogP contribution in [-0.4, -0.2) is 35.7 Å². The standard InChI is InChI=1S/C26H30ClN3O3/c1-5-13-30(15-20-7-12-23(18(3)14-20)33-16-24(31)32-6-2)26-19(4)25(28-17-29-26)21-8-10-22(27)11-9-21/h7-12,14,17H,5-6,13,15-16H2,1-4H3. The van der Waals surface area contributed by atoms with E-state index in [0.29, 0.717) is 23.9 Å². The summed E-state index contributed by atoms with van der Waals surface area (Å²) >= 11 is 6.05. The number of carbonyl (C=O) groups is 1. The molecule has 3 rings (SSSR count). The van der Waals surface area contributed by atoms with E-state index < -0.39 is 0 Å². The monoisotopic (exact) mass is 467 g/mol. The highest BCUT2D eigenvalue weighted by Crippen LogP contribution is 2.29. The number of nitrogens with zero attached hydrogens (tertiary/aromatic N) is 3. The van der Waals surface area contributed by atoms with Crippen molar-refractivity contribution in [1.29, 1.82) is 0 Å². The average Bonchev–Trinajstić information content (AvgIpc) is 2.79. The number of aromatic nitrogens is 2. The molecule has 174 valence electrons. The Balaban J connectivity index is 1.81. The molecular formula is C26H30ClN3O3. The van der Waals surface area contributed by atoms with Gasteiger partial charge in [0.25, 0.3) is 0 Å². The van der Waals surface area contributed by atoms with Gasteiger partial charge in [-0.25, -0.2) is 14.8 Å². The first-order chi connectivity index (χ1) is 15.9. The van der Waals surface area contributed by atoms with E-state index in [-0.39, 0.29) is 12.6 Å². The van der Waals surface area contributed by atoms with Crippen LogP contribution >= 0.6 is 11.6 Å². The van der Waals surface area contributed by atoms with Gasteiger partial charge in [-0.1, -0.05) is 42.8 Å². The van der Waals surface area contributed by atoms with Gasteiger partial charge in [-0.15, -0.1) is 0 Å². The molecule has 0 fully saturated rings. The third-order valence-electron chi connectivity index (χ3n) is 5.23. The molecule has 33 heavy (non-hydrogen) atoms. The average molecular weight is 468 g/mol. The summed E-state index contributed by atoms with van der Waals surface area (Å²) in [7, 11) is 0. The molecule has 0 saturated carbocycles. The molecule has 0 aliphatic heterocycles. The smallest absolute Gasteiger partial charge is 0.344 e. The van der Waals surface area contributed by atoms with Crippen LogP contribution in [0.25, 0.3) is 11.3 Å². The zero-order chi connectivity index (χ0) is 23.8. The fourth-order valence-electron chi connectivity index (χ4n) is 3.72. The Morgan fingerprint density at radius 3 is 2.48 bits per heavy atom. The Bertz CT molecular complexity index is 1090. The molecule has 0 aliphatic rings. The Morgan fingerprint density at radius 1 is 1.06 bits per heavy atom. The maximum atomic E-state index is 11.6. The van der Waals surface area contributed by atoms with Gasteiger partial charge in [0.15, 0.2) is 6.61 Å². The third kappa shape index (κ3) is 6.45. The first-order valence-electron chi connectivity index (χ1n) is 11.1. The molecule has 0 spiro atoms. The number of aryl methyl sites for hydroxylation is 1. The summed E-state index contributed by atoms with van der Waals surface area (Å²) in [4.78, 5) is 23.0. The van der Waals surface area contributed by atoms with E-state index in [1.54, 1.807) is 13.3 Å². The number of benzene rings is 2. The number of halogens is 1. The van der Waals surface area contributed by atoms with Crippen molar-refractivity contribution in [2.24, 2.45) is 0 Å². The van der Waals surface area contributed by atoms with Crippen molar-refractivity contribution in [2.45, 2.75) is 40.7 Å². The van der Waals surface area contributed by atoms with Gasteiger partial charge < -0.3 is 14.4 Å². The van der Waals surface area contributed by atoms with E-state index in [2.05, 4.69) is 34.8 Å². The number of carbonyl (C=O) groups excluding carboxylic acids is 1. The van der Waals surface area contributed by atoms with E-state index in [1.807, 2.05) is 43.3 Å². The van der Waals surface area contributed by atoms with Gasteiger partial charge in [-0.3, -0.25) is 0 Å². The maximum absolute atomic E-state index is 11.6. The normalized spacial score (nSPS) is 10.7. The highest BCUT2D eigenvalue weighted by Gasteiger charge is 2.16. The Hall–Kier alpha value is -3.12. The molecular weight excluding hydrogens is 438 g/mol. The number of hydrogen-bond donors (Lipinski definition) is 0. The van der Waals surface area contributed by atoms with Crippen molar-refractivity contribution in [3.63, 3.8) is 0 Å². The quantitative estimate of drug-likeness (QED) is 0.352. The van der Waals surface area contributed by atoms with E-state index >= 15 is 0 Å². The van der Waals surface area contributed by atoms with E-state index in [1.165, 1.54) is 0 Å². The molecule has 0 atom stereocenters. The van der Waals surface area contributed by atoms with Crippen LogP contribution in [0.15, 0.2) is 48.8 Å². The van der Waals surface area contributed by atoms with Crippen LogP contribution in [0.2, 0.25) is 5.02 Å². The maximum Gasteiger partial charge on any atom is 0.344 e. The van der Waals surface area contributed by atoms with Gasteiger partial charge >= 0.3 is 5.97 Å². The number of rotatable bonds is 10. The lowest BCUT2D eigenvalue weighted by molar-refractivity contribution is -0.145. The fraction of sp³-hybridized carbons (Fsp3) is 0.346. The first kappa shape index (κ1) is 24.5. The third-order valence-corrected chi connectivity index (χ3v) is 5.48.